The minimum atomic E-state index is -0.414. The molecule has 2 aliphatic rings. The lowest BCUT2D eigenvalue weighted by Gasteiger charge is -2.32. The van der Waals surface area contributed by atoms with Gasteiger partial charge in [-0.05, 0) is 51.6 Å². The van der Waals surface area contributed by atoms with Crippen molar-refractivity contribution < 1.29 is 18.8 Å². The summed E-state index contributed by atoms with van der Waals surface area (Å²) in [6.07, 6.45) is 3.66. The van der Waals surface area contributed by atoms with Crippen LogP contribution in [-0.2, 0) is 20.7 Å². The first-order chi connectivity index (χ1) is 12.3. The van der Waals surface area contributed by atoms with E-state index in [4.69, 9.17) is 14.0 Å². The largest absolute Gasteiger partial charge is 0.492 e. The Balaban J connectivity index is 1.62. The van der Waals surface area contributed by atoms with Crippen molar-refractivity contribution in [2.75, 3.05) is 13.1 Å². The summed E-state index contributed by atoms with van der Waals surface area (Å²) in [6.45, 7) is 9.59. The highest BCUT2D eigenvalue weighted by atomic mass is 16.7. The highest BCUT2D eigenvalue weighted by molar-refractivity contribution is 6.54. The number of carbonyl (C=O) groups excluding carboxylic acids is 1. The van der Waals surface area contributed by atoms with E-state index in [0.717, 1.165) is 23.9 Å². The van der Waals surface area contributed by atoms with Gasteiger partial charge in [0, 0.05) is 13.1 Å². The number of hydrogen-bond acceptors (Lipinski definition) is 4. The van der Waals surface area contributed by atoms with Gasteiger partial charge in [-0.25, -0.2) is 4.79 Å². The van der Waals surface area contributed by atoms with Crippen LogP contribution in [0.25, 0.3) is 0 Å². The molecule has 140 valence electrons. The number of allylic oxidation sites excluding steroid dienone is 1. The molecule has 0 spiro atoms. The van der Waals surface area contributed by atoms with E-state index >= 15 is 0 Å². The first-order valence-electron chi connectivity index (χ1n) is 9.29. The van der Waals surface area contributed by atoms with Crippen LogP contribution < -0.4 is 0 Å². The molecule has 3 rings (SSSR count). The van der Waals surface area contributed by atoms with Gasteiger partial charge in [0.05, 0.1) is 11.2 Å². The van der Waals surface area contributed by atoms with E-state index in [1.165, 1.54) is 0 Å². The van der Waals surface area contributed by atoms with E-state index in [2.05, 4.69) is 6.08 Å². The van der Waals surface area contributed by atoms with Gasteiger partial charge in [0.1, 0.15) is 6.61 Å². The predicted octanol–water partition coefficient (Wildman–Crippen LogP) is 3.98. The van der Waals surface area contributed by atoms with Crippen molar-refractivity contribution in [2.45, 2.75) is 58.3 Å². The van der Waals surface area contributed by atoms with E-state index in [1.807, 2.05) is 58.0 Å². The van der Waals surface area contributed by atoms with Crippen molar-refractivity contribution in [1.29, 1.82) is 0 Å². The fourth-order valence-corrected chi connectivity index (χ4v) is 3.07. The number of rotatable bonds is 3. The molecule has 1 aromatic carbocycles. The number of ether oxygens (including phenoxy) is 1. The Morgan fingerprint density at radius 3 is 2.46 bits per heavy atom. The van der Waals surface area contributed by atoms with Crippen LogP contribution in [0.4, 0.5) is 4.79 Å². The molecule has 2 aliphatic heterocycles. The third-order valence-electron chi connectivity index (χ3n) is 5.43. The van der Waals surface area contributed by atoms with Gasteiger partial charge >= 0.3 is 13.2 Å². The molecule has 0 unspecified atom stereocenters. The molecule has 5 nitrogen and oxygen atoms in total. The van der Waals surface area contributed by atoms with Crippen molar-refractivity contribution >= 4 is 13.2 Å². The molecule has 1 saturated heterocycles. The maximum atomic E-state index is 12.5. The lowest BCUT2D eigenvalue weighted by Crippen LogP contribution is -2.41. The maximum Gasteiger partial charge on any atom is 0.492 e. The molecule has 0 aliphatic carbocycles. The first kappa shape index (κ1) is 19.0. The molecule has 1 fully saturated rings. The molecule has 0 atom stereocenters. The summed E-state index contributed by atoms with van der Waals surface area (Å²) in [5.74, 6) is 0. The third-order valence-corrected chi connectivity index (χ3v) is 5.43. The van der Waals surface area contributed by atoms with Crippen molar-refractivity contribution in [3.8, 4) is 0 Å². The Labute approximate surface area is 156 Å². The van der Waals surface area contributed by atoms with Crippen LogP contribution in [0.15, 0.2) is 41.9 Å². The Morgan fingerprint density at radius 1 is 1.15 bits per heavy atom. The average Bonchev–Trinajstić information content (AvgIpc) is 2.77. The first-order valence-corrected chi connectivity index (χ1v) is 9.29. The van der Waals surface area contributed by atoms with Crippen LogP contribution >= 0.6 is 0 Å². The molecule has 0 bridgehead atoms. The molecule has 26 heavy (non-hydrogen) atoms. The molecule has 0 aromatic heterocycles. The van der Waals surface area contributed by atoms with Gasteiger partial charge < -0.3 is 18.9 Å². The molecule has 1 aromatic rings. The average molecular weight is 357 g/mol. The van der Waals surface area contributed by atoms with Crippen molar-refractivity contribution in [1.82, 2.24) is 4.90 Å². The van der Waals surface area contributed by atoms with Crippen molar-refractivity contribution in [2.24, 2.45) is 0 Å². The van der Waals surface area contributed by atoms with Gasteiger partial charge in [-0.15, -0.1) is 0 Å². The summed E-state index contributed by atoms with van der Waals surface area (Å²) in [7, 11) is -0.414. The molecule has 0 radical (unpaired) electrons. The molecule has 2 heterocycles. The zero-order valence-corrected chi connectivity index (χ0v) is 16.2. The SMILES string of the molecule is CC1(C)OB(C2=CCCCN(C(=O)OCc3ccccc3)C2)OC1(C)C. The van der Waals surface area contributed by atoms with Crippen LogP contribution in [0.3, 0.4) is 0 Å². The van der Waals surface area contributed by atoms with Crippen LogP contribution in [0.2, 0.25) is 0 Å². The molecule has 1 amide bonds. The van der Waals surface area contributed by atoms with E-state index in [9.17, 15) is 4.79 Å². The Bertz CT molecular complexity index is 656. The van der Waals surface area contributed by atoms with Gasteiger partial charge in [0.25, 0.3) is 0 Å². The second kappa shape index (κ2) is 7.45. The van der Waals surface area contributed by atoms with Crippen LogP contribution in [0, 0.1) is 0 Å². The Kier molecular flexibility index (Phi) is 5.44. The topological polar surface area (TPSA) is 48.0 Å². The summed E-state index contributed by atoms with van der Waals surface area (Å²) >= 11 is 0. The van der Waals surface area contributed by atoms with Gasteiger partial charge in [-0.2, -0.15) is 0 Å². The Morgan fingerprint density at radius 2 is 1.81 bits per heavy atom. The van der Waals surface area contributed by atoms with Gasteiger partial charge in [-0.1, -0.05) is 36.4 Å². The fourth-order valence-electron chi connectivity index (χ4n) is 3.07. The summed E-state index contributed by atoms with van der Waals surface area (Å²) in [4.78, 5) is 14.3. The van der Waals surface area contributed by atoms with E-state index in [0.29, 0.717) is 13.1 Å². The van der Waals surface area contributed by atoms with E-state index in [1.54, 1.807) is 4.90 Å². The minimum Gasteiger partial charge on any atom is -0.445 e. The molecule has 0 saturated carbocycles. The zero-order chi connectivity index (χ0) is 18.8. The molecular formula is C20H28BNO4. The molecule has 0 N–H and O–H groups in total. The van der Waals surface area contributed by atoms with Crippen LogP contribution in [0.5, 0.6) is 0 Å². The monoisotopic (exact) mass is 357 g/mol. The fraction of sp³-hybridized carbons (Fsp3) is 0.550. The van der Waals surface area contributed by atoms with Crippen LogP contribution in [0.1, 0.15) is 46.1 Å². The number of benzene rings is 1. The highest BCUT2D eigenvalue weighted by Gasteiger charge is 2.52. The zero-order valence-electron chi connectivity index (χ0n) is 16.2. The summed E-state index contributed by atoms with van der Waals surface area (Å²) in [5.41, 5.74) is 1.21. The number of hydrogen-bond donors (Lipinski definition) is 0. The van der Waals surface area contributed by atoms with E-state index < -0.39 is 7.12 Å². The number of amides is 1. The summed E-state index contributed by atoms with van der Waals surface area (Å²) < 4.78 is 17.8. The minimum absolute atomic E-state index is 0.283. The quantitative estimate of drug-likeness (QED) is 0.768. The lowest BCUT2D eigenvalue weighted by molar-refractivity contribution is 0.00578. The highest BCUT2D eigenvalue weighted by Crippen LogP contribution is 2.39. The van der Waals surface area contributed by atoms with Gasteiger partial charge in [-0.3, -0.25) is 0 Å². The van der Waals surface area contributed by atoms with Gasteiger partial charge in [0.15, 0.2) is 0 Å². The van der Waals surface area contributed by atoms with Crippen molar-refractivity contribution in [3.05, 3.63) is 47.4 Å². The number of carbonyl (C=O) groups is 1. The predicted molar refractivity (Wildman–Crippen MR) is 102 cm³/mol. The van der Waals surface area contributed by atoms with Gasteiger partial charge in [0.2, 0.25) is 0 Å². The number of nitrogens with zero attached hydrogens (tertiary/aromatic N) is 1. The molecular weight excluding hydrogens is 329 g/mol. The van der Waals surface area contributed by atoms with Crippen molar-refractivity contribution in [3.63, 3.8) is 0 Å². The smallest absolute Gasteiger partial charge is 0.445 e. The Hall–Kier alpha value is -1.79. The second-order valence-electron chi connectivity index (χ2n) is 7.97. The maximum absolute atomic E-state index is 12.5. The third kappa shape index (κ3) is 4.13. The second-order valence-corrected chi connectivity index (χ2v) is 7.97. The lowest BCUT2D eigenvalue weighted by atomic mass is 9.77. The summed E-state index contributed by atoms with van der Waals surface area (Å²) in [5, 5.41) is 0. The standard InChI is InChI=1S/C20H28BNO4/c1-19(2)20(3,4)26-21(25-19)17-12-8-9-13-22(14-17)18(23)24-15-16-10-6-5-7-11-16/h5-7,10-12H,8-9,13-15H2,1-4H3. The van der Waals surface area contributed by atoms with E-state index in [-0.39, 0.29) is 23.9 Å². The molecule has 6 heteroatoms. The normalized spacial score (nSPS) is 21.9. The summed E-state index contributed by atoms with van der Waals surface area (Å²) in [6, 6.07) is 9.72. The van der Waals surface area contributed by atoms with Crippen LogP contribution in [-0.4, -0.2) is 42.4 Å².